The van der Waals surface area contributed by atoms with Crippen LogP contribution in [0.25, 0.3) is 10.6 Å². The molecule has 2 heterocycles. The van der Waals surface area contributed by atoms with Crippen molar-refractivity contribution in [3.05, 3.63) is 25.9 Å². The molecule has 2 aromatic rings. The van der Waals surface area contributed by atoms with Gasteiger partial charge in [-0.2, -0.15) is 0 Å². The molecule has 18 heavy (non-hydrogen) atoms. The van der Waals surface area contributed by atoms with Crippen LogP contribution in [0, 0.1) is 0 Å². The molecule has 0 amide bonds. The van der Waals surface area contributed by atoms with E-state index in [-0.39, 0.29) is 11.6 Å². The second kappa shape index (κ2) is 5.14. The summed E-state index contributed by atoms with van der Waals surface area (Å²) in [7, 11) is 0. The van der Waals surface area contributed by atoms with Crippen molar-refractivity contribution in [3.63, 3.8) is 0 Å². The smallest absolute Gasteiger partial charge is 0.356 e. The first kappa shape index (κ1) is 13.8. The Labute approximate surface area is 124 Å². The van der Waals surface area contributed by atoms with Crippen LogP contribution in [0.1, 0.15) is 35.3 Å². The third kappa shape index (κ3) is 2.53. The maximum Gasteiger partial charge on any atom is 0.356 e. The predicted molar refractivity (Wildman–Crippen MR) is 76.3 cm³/mol. The zero-order valence-corrected chi connectivity index (χ0v) is 13.5. The molecular weight excluding hydrogens is 386 g/mol. The Balaban J connectivity index is 2.58. The highest BCUT2D eigenvalue weighted by Crippen LogP contribution is 2.38. The van der Waals surface area contributed by atoms with E-state index in [0.29, 0.717) is 15.3 Å². The second-order valence-corrected chi connectivity index (χ2v) is 6.53. The fraction of sp³-hybridized carbons (Fsp3) is 0.273. The van der Waals surface area contributed by atoms with E-state index < -0.39 is 5.97 Å². The van der Waals surface area contributed by atoms with Gasteiger partial charge in [0, 0.05) is 12.0 Å². The normalized spacial score (nSPS) is 11.2. The zero-order chi connectivity index (χ0) is 13.4. The molecule has 0 unspecified atom stereocenters. The van der Waals surface area contributed by atoms with Crippen LogP contribution in [0.4, 0.5) is 0 Å². The molecule has 0 aliphatic carbocycles. The van der Waals surface area contributed by atoms with E-state index in [0.717, 1.165) is 9.48 Å². The number of aromatic nitrogens is 1. The van der Waals surface area contributed by atoms with Crippen LogP contribution in [0.5, 0.6) is 0 Å². The number of hydrogen-bond acceptors (Lipinski definition) is 4. The van der Waals surface area contributed by atoms with Crippen molar-refractivity contribution < 1.29 is 14.3 Å². The van der Waals surface area contributed by atoms with Crippen molar-refractivity contribution >= 4 is 49.2 Å². The quantitative estimate of drug-likeness (QED) is 0.815. The molecule has 2 rings (SSSR count). The van der Waals surface area contributed by atoms with Gasteiger partial charge in [-0.3, -0.25) is 0 Å². The molecular formula is C11H9Br2NO3S. The number of aromatic carboxylic acids is 1. The van der Waals surface area contributed by atoms with Crippen LogP contribution in [0.2, 0.25) is 0 Å². The first-order valence-corrected chi connectivity index (χ1v) is 7.49. The standard InChI is InChI=1S/C11H9Br2NO3S/c1-4(2)10-14-7(11(15)16)8(18-10)6-3-5(12)9(13)17-6/h3-4H,1-2H3,(H,15,16). The first-order chi connectivity index (χ1) is 8.40. The van der Waals surface area contributed by atoms with Gasteiger partial charge in [0.25, 0.3) is 0 Å². The van der Waals surface area contributed by atoms with E-state index in [1.54, 1.807) is 6.07 Å². The van der Waals surface area contributed by atoms with Crippen molar-refractivity contribution in [2.75, 3.05) is 0 Å². The third-order valence-corrected chi connectivity index (χ3v) is 5.29. The van der Waals surface area contributed by atoms with Crippen LogP contribution in [-0.2, 0) is 0 Å². The predicted octanol–water partition coefficient (Wildman–Crippen LogP) is 4.75. The molecule has 0 aliphatic heterocycles. The number of furan rings is 1. The molecule has 7 heteroatoms. The number of carboxylic acid groups (broad SMARTS) is 1. The summed E-state index contributed by atoms with van der Waals surface area (Å²) in [5.74, 6) is -0.365. The van der Waals surface area contributed by atoms with E-state index in [9.17, 15) is 9.90 Å². The van der Waals surface area contributed by atoms with Crippen LogP contribution in [0.3, 0.4) is 0 Å². The average Bonchev–Trinajstić information content (AvgIpc) is 2.83. The van der Waals surface area contributed by atoms with Crippen LogP contribution >= 0.6 is 43.2 Å². The van der Waals surface area contributed by atoms with E-state index in [1.165, 1.54) is 11.3 Å². The van der Waals surface area contributed by atoms with Crippen molar-refractivity contribution in [1.82, 2.24) is 4.98 Å². The lowest BCUT2D eigenvalue weighted by molar-refractivity contribution is 0.0691. The zero-order valence-electron chi connectivity index (χ0n) is 9.53. The number of carboxylic acids is 1. The summed E-state index contributed by atoms with van der Waals surface area (Å²) in [4.78, 5) is 15.9. The molecule has 0 aromatic carbocycles. The Kier molecular flexibility index (Phi) is 3.93. The molecule has 0 aliphatic rings. The summed E-state index contributed by atoms with van der Waals surface area (Å²) in [6, 6.07) is 1.73. The summed E-state index contributed by atoms with van der Waals surface area (Å²) in [6.07, 6.45) is 0. The molecule has 96 valence electrons. The van der Waals surface area contributed by atoms with E-state index in [1.807, 2.05) is 13.8 Å². The minimum absolute atomic E-state index is 0.0393. The molecule has 0 spiro atoms. The molecule has 0 radical (unpaired) electrons. The maximum atomic E-state index is 11.2. The fourth-order valence-electron chi connectivity index (χ4n) is 1.35. The molecule has 0 fully saturated rings. The topological polar surface area (TPSA) is 63.3 Å². The first-order valence-electron chi connectivity index (χ1n) is 5.09. The highest BCUT2D eigenvalue weighted by atomic mass is 79.9. The molecule has 0 saturated carbocycles. The van der Waals surface area contributed by atoms with Gasteiger partial charge in [0.1, 0.15) is 10.6 Å². The second-order valence-electron chi connectivity index (χ2n) is 3.92. The highest BCUT2D eigenvalue weighted by molar-refractivity contribution is 9.13. The number of nitrogens with zero attached hydrogens (tertiary/aromatic N) is 1. The number of thiazole rings is 1. The Morgan fingerprint density at radius 1 is 1.50 bits per heavy atom. The van der Waals surface area contributed by atoms with Gasteiger partial charge in [0.05, 0.1) is 9.48 Å². The van der Waals surface area contributed by atoms with Gasteiger partial charge in [-0.15, -0.1) is 11.3 Å². The third-order valence-electron chi connectivity index (χ3n) is 2.21. The van der Waals surface area contributed by atoms with Crippen molar-refractivity contribution in [3.8, 4) is 10.6 Å². The maximum absolute atomic E-state index is 11.2. The summed E-state index contributed by atoms with van der Waals surface area (Å²) < 4.78 is 6.74. The summed E-state index contributed by atoms with van der Waals surface area (Å²) in [5, 5.41) is 9.96. The van der Waals surface area contributed by atoms with Gasteiger partial charge in [-0.25, -0.2) is 9.78 Å². The van der Waals surface area contributed by atoms with Gasteiger partial charge in [-0.05, 0) is 31.9 Å². The van der Waals surface area contributed by atoms with E-state index >= 15 is 0 Å². The Morgan fingerprint density at radius 3 is 2.61 bits per heavy atom. The van der Waals surface area contributed by atoms with E-state index in [4.69, 9.17) is 4.42 Å². The van der Waals surface area contributed by atoms with Crippen molar-refractivity contribution in [2.45, 2.75) is 19.8 Å². The molecule has 1 N–H and O–H groups in total. The summed E-state index contributed by atoms with van der Waals surface area (Å²) in [5.41, 5.74) is 0.0393. The lowest BCUT2D eigenvalue weighted by atomic mass is 10.2. The van der Waals surface area contributed by atoms with Crippen molar-refractivity contribution in [1.29, 1.82) is 0 Å². The Bertz CT molecular complexity index is 584. The average molecular weight is 395 g/mol. The molecule has 0 saturated heterocycles. The number of carbonyl (C=O) groups is 1. The van der Waals surface area contributed by atoms with Crippen LogP contribution in [0.15, 0.2) is 19.6 Å². The summed E-state index contributed by atoms with van der Waals surface area (Å²) >= 11 is 7.88. The Morgan fingerprint density at radius 2 is 2.17 bits per heavy atom. The molecule has 2 aromatic heterocycles. The van der Waals surface area contributed by atoms with Crippen LogP contribution < -0.4 is 0 Å². The van der Waals surface area contributed by atoms with E-state index in [2.05, 4.69) is 36.8 Å². The van der Waals surface area contributed by atoms with Crippen LogP contribution in [-0.4, -0.2) is 16.1 Å². The lowest BCUT2D eigenvalue weighted by Gasteiger charge is -1.94. The van der Waals surface area contributed by atoms with Crippen molar-refractivity contribution in [2.24, 2.45) is 0 Å². The highest BCUT2D eigenvalue weighted by Gasteiger charge is 2.23. The van der Waals surface area contributed by atoms with Gasteiger partial charge in [0.15, 0.2) is 10.4 Å². The van der Waals surface area contributed by atoms with Gasteiger partial charge < -0.3 is 9.52 Å². The monoisotopic (exact) mass is 393 g/mol. The molecule has 0 atom stereocenters. The minimum atomic E-state index is -1.04. The largest absolute Gasteiger partial charge is 0.476 e. The van der Waals surface area contributed by atoms with Gasteiger partial charge in [0.2, 0.25) is 0 Å². The number of halogens is 2. The number of hydrogen-bond donors (Lipinski definition) is 1. The SMILES string of the molecule is CC(C)c1nc(C(=O)O)c(-c2cc(Br)c(Br)o2)s1. The van der Waals surface area contributed by atoms with Gasteiger partial charge >= 0.3 is 5.97 Å². The fourth-order valence-corrected chi connectivity index (χ4v) is 2.94. The number of rotatable bonds is 3. The summed E-state index contributed by atoms with van der Waals surface area (Å²) in [6.45, 7) is 3.95. The molecule has 4 nitrogen and oxygen atoms in total. The Hall–Kier alpha value is -0.660. The molecule has 0 bridgehead atoms. The lowest BCUT2D eigenvalue weighted by Crippen LogP contribution is -1.99. The minimum Gasteiger partial charge on any atom is -0.476 e. The van der Waals surface area contributed by atoms with Gasteiger partial charge in [-0.1, -0.05) is 13.8 Å².